The van der Waals surface area contributed by atoms with Gasteiger partial charge in [-0.2, -0.15) is 0 Å². The number of hydrogen-bond donors (Lipinski definition) is 4. The number of carbonyl (C=O) groups is 4. The van der Waals surface area contributed by atoms with E-state index in [1.807, 2.05) is 31.2 Å². The second kappa shape index (κ2) is 13.5. The van der Waals surface area contributed by atoms with Crippen molar-refractivity contribution in [2.45, 2.75) is 45.4 Å². The van der Waals surface area contributed by atoms with E-state index < -0.39 is 0 Å². The van der Waals surface area contributed by atoms with Gasteiger partial charge in [0.2, 0.25) is 11.8 Å². The van der Waals surface area contributed by atoms with Crippen molar-refractivity contribution in [2.24, 2.45) is 5.92 Å². The smallest absolute Gasteiger partial charge is 0.253 e. The molecule has 1 heterocycles. The Labute approximate surface area is 251 Å². The highest BCUT2D eigenvalue weighted by molar-refractivity contribution is 5.99. The minimum absolute atomic E-state index is 0.0171. The maximum Gasteiger partial charge on any atom is 0.253 e. The van der Waals surface area contributed by atoms with Crippen molar-refractivity contribution in [3.63, 3.8) is 0 Å². The van der Waals surface area contributed by atoms with Crippen LogP contribution in [-0.4, -0.2) is 59.8 Å². The van der Waals surface area contributed by atoms with Crippen LogP contribution < -0.4 is 16.0 Å². The third-order valence-electron chi connectivity index (χ3n) is 7.93. The first-order chi connectivity index (χ1) is 20.8. The molecule has 1 fully saturated rings. The fourth-order valence-corrected chi connectivity index (χ4v) is 5.20. The van der Waals surface area contributed by atoms with Crippen LogP contribution in [-0.2, 0) is 16.0 Å². The van der Waals surface area contributed by atoms with Crippen LogP contribution in [0.25, 0.3) is 11.1 Å². The average molecular weight is 583 g/mol. The monoisotopic (exact) mass is 582 g/mol. The molecular formula is C34H38N4O5. The maximum absolute atomic E-state index is 13.6. The summed E-state index contributed by atoms with van der Waals surface area (Å²) in [6.07, 6.45) is 3.63. The van der Waals surface area contributed by atoms with Crippen molar-refractivity contribution in [1.29, 1.82) is 0 Å². The number of anilines is 1. The van der Waals surface area contributed by atoms with Gasteiger partial charge in [-0.1, -0.05) is 24.3 Å². The van der Waals surface area contributed by atoms with Gasteiger partial charge in [0.05, 0.1) is 0 Å². The van der Waals surface area contributed by atoms with Crippen molar-refractivity contribution in [1.82, 2.24) is 15.5 Å². The zero-order valence-electron chi connectivity index (χ0n) is 24.4. The zero-order valence-corrected chi connectivity index (χ0v) is 24.4. The first-order valence-corrected chi connectivity index (χ1v) is 15.0. The lowest BCUT2D eigenvalue weighted by atomic mass is 9.98. The van der Waals surface area contributed by atoms with Gasteiger partial charge < -0.3 is 26.0 Å². The first-order valence-electron chi connectivity index (χ1n) is 15.0. The summed E-state index contributed by atoms with van der Waals surface area (Å²) in [5, 5.41) is 19.4. The number of aromatic hydroxyl groups is 1. The van der Waals surface area contributed by atoms with Crippen LogP contribution in [0.4, 0.5) is 5.69 Å². The van der Waals surface area contributed by atoms with E-state index in [9.17, 15) is 24.3 Å². The molecule has 1 saturated carbocycles. The predicted molar refractivity (Wildman–Crippen MR) is 165 cm³/mol. The Morgan fingerprint density at radius 2 is 1.67 bits per heavy atom. The molecule has 0 aromatic heterocycles. The summed E-state index contributed by atoms with van der Waals surface area (Å²) in [6.45, 7) is 3.45. The molecule has 4 bridgehead atoms. The van der Waals surface area contributed by atoms with E-state index >= 15 is 0 Å². The summed E-state index contributed by atoms with van der Waals surface area (Å²) in [4.78, 5) is 53.3. The number of carbonyl (C=O) groups excluding carboxylic acids is 4. The van der Waals surface area contributed by atoms with Crippen LogP contribution in [0.5, 0.6) is 5.75 Å². The number of aryl methyl sites for hydroxylation is 1. The van der Waals surface area contributed by atoms with Crippen LogP contribution in [0, 0.1) is 12.8 Å². The number of benzene rings is 3. The Morgan fingerprint density at radius 3 is 2.49 bits per heavy atom. The third kappa shape index (κ3) is 7.80. The lowest BCUT2D eigenvalue weighted by Crippen LogP contribution is -2.36. The number of amides is 4. The number of nitrogens with one attached hydrogen (secondary N) is 3. The zero-order chi connectivity index (χ0) is 30.3. The SMILES string of the molecule is Cc1ccc(C(=O)N2CCCNC(=O)c3cccc(c3)-c3cc(ccc3O)CCNC(=O)CCC2)cc1NC(=O)C1CC1. The highest BCUT2D eigenvalue weighted by Crippen LogP contribution is 2.32. The standard InChI is InChI=1S/C34H38N4O5/c1-22-8-10-27(21-29(22)37-33(42)24-11-12-24)34(43)38-17-3-7-31(40)35-16-14-23-9-13-30(39)28(19-23)25-5-2-6-26(20-25)32(41)36-15-4-18-38/h2,5-6,8-10,13,19-21,24,39H,3-4,7,11-12,14-18H2,1H3,(H,35,40)(H,36,41)(H,37,42). The lowest BCUT2D eigenvalue weighted by Gasteiger charge is -2.23. The van der Waals surface area contributed by atoms with E-state index in [0.717, 1.165) is 29.5 Å². The number of phenols is 1. The van der Waals surface area contributed by atoms with Gasteiger partial charge in [-0.3, -0.25) is 19.2 Å². The summed E-state index contributed by atoms with van der Waals surface area (Å²) >= 11 is 0. The van der Waals surface area contributed by atoms with Gasteiger partial charge >= 0.3 is 0 Å². The third-order valence-corrected chi connectivity index (χ3v) is 7.93. The van der Waals surface area contributed by atoms with Gasteiger partial charge in [-0.15, -0.1) is 0 Å². The molecule has 224 valence electrons. The topological polar surface area (TPSA) is 128 Å². The predicted octanol–water partition coefficient (Wildman–Crippen LogP) is 4.43. The molecular weight excluding hydrogens is 544 g/mol. The highest BCUT2D eigenvalue weighted by atomic mass is 16.3. The van der Waals surface area contributed by atoms with Gasteiger partial charge in [0.15, 0.2) is 0 Å². The first kappa shape index (κ1) is 29.8. The molecule has 1 aliphatic carbocycles. The molecule has 2 aliphatic rings. The number of rotatable bonds is 3. The van der Waals surface area contributed by atoms with Crippen LogP contribution in [0.1, 0.15) is 63.9 Å². The van der Waals surface area contributed by atoms with Crippen molar-refractivity contribution in [2.75, 3.05) is 31.5 Å². The molecule has 4 N–H and O–H groups in total. The number of phenolic OH excluding ortho intramolecular Hbond substituents is 1. The summed E-state index contributed by atoms with van der Waals surface area (Å²) in [7, 11) is 0. The molecule has 43 heavy (non-hydrogen) atoms. The molecule has 0 atom stereocenters. The molecule has 0 spiro atoms. The minimum atomic E-state index is -0.238. The van der Waals surface area contributed by atoms with Crippen LogP contribution in [0.2, 0.25) is 0 Å². The molecule has 1 aliphatic heterocycles. The summed E-state index contributed by atoms with van der Waals surface area (Å²) in [5.74, 6) is -0.369. The summed E-state index contributed by atoms with van der Waals surface area (Å²) in [6, 6.07) is 17.7. The fourth-order valence-electron chi connectivity index (χ4n) is 5.20. The lowest BCUT2D eigenvalue weighted by molar-refractivity contribution is -0.121. The fraction of sp³-hybridized carbons (Fsp3) is 0.353. The van der Waals surface area contributed by atoms with E-state index in [1.165, 1.54) is 0 Å². The van der Waals surface area contributed by atoms with Crippen LogP contribution in [0.15, 0.2) is 60.7 Å². The molecule has 3 aromatic rings. The van der Waals surface area contributed by atoms with Crippen LogP contribution in [0.3, 0.4) is 0 Å². The van der Waals surface area contributed by atoms with E-state index in [4.69, 9.17) is 0 Å². The molecule has 5 rings (SSSR count). The Bertz CT molecular complexity index is 1530. The average Bonchev–Trinajstić information content (AvgIpc) is 3.85. The Hall–Kier alpha value is -4.66. The van der Waals surface area contributed by atoms with Gasteiger partial charge in [0.25, 0.3) is 11.8 Å². The highest BCUT2D eigenvalue weighted by Gasteiger charge is 2.30. The second-order valence-electron chi connectivity index (χ2n) is 11.3. The molecule has 4 amide bonds. The maximum atomic E-state index is 13.6. The summed E-state index contributed by atoms with van der Waals surface area (Å²) in [5.41, 5.74) is 4.74. The Morgan fingerprint density at radius 1 is 0.884 bits per heavy atom. The van der Waals surface area contributed by atoms with Gasteiger partial charge in [-0.05, 0) is 92.1 Å². The normalized spacial score (nSPS) is 16.6. The van der Waals surface area contributed by atoms with Crippen molar-refractivity contribution in [3.8, 4) is 16.9 Å². The molecule has 0 unspecified atom stereocenters. The number of fused-ring (bicyclic) bond motifs is 5. The second-order valence-corrected chi connectivity index (χ2v) is 11.3. The van der Waals surface area contributed by atoms with Crippen molar-refractivity contribution >= 4 is 29.3 Å². The molecule has 0 radical (unpaired) electrons. The van der Waals surface area contributed by atoms with Crippen LogP contribution >= 0.6 is 0 Å². The number of hydrogen-bond acceptors (Lipinski definition) is 5. The minimum Gasteiger partial charge on any atom is -0.507 e. The molecule has 3 aromatic carbocycles. The van der Waals surface area contributed by atoms with Gasteiger partial charge in [0.1, 0.15) is 5.75 Å². The summed E-state index contributed by atoms with van der Waals surface area (Å²) < 4.78 is 0. The number of nitrogens with zero attached hydrogens (tertiary/aromatic N) is 1. The van der Waals surface area contributed by atoms with Crippen molar-refractivity contribution in [3.05, 3.63) is 82.9 Å². The van der Waals surface area contributed by atoms with Gasteiger partial charge in [0, 0.05) is 60.9 Å². The van der Waals surface area contributed by atoms with E-state index in [0.29, 0.717) is 67.8 Å². The molecule has 9 heteroatoms. The molecule has 9 nitrogen and oxygen atoms in total. The van der Waals surface area contributed by atoms with E-state index in [2.05, 4.69) is 16.0 Å². The Kier molecular flexibility index (Phi) is 9.39. The van der Waals surface area contributed by atoms with Gasteiger partial charge in [-0.25, -0.2) is 0 Å². The van der Waals surface area contributed by atoms with Crippen molar-refractivity contribution < 1.29 is 24.3 Å². The molecule has 0 saturated heterocycles. The largest absolute Gasteiger partial charge is 0.507 e. The quantitative estimate of drug-likeness (QED) is 0.363. The van der Waals surface area contributed by atoms with E-state index in [1.54, 1.807) is 41.3 Å². The van der Waals surface area contributed by atoms with E-state index in [-0.39, 0.29) is 41.7 Å². The Balaban J connectivity index is 1.32.